The van der Waals surface area contributed by atoms with Crippen molar-refractivity contribution in [1.29, 1.82) is 0 Å². The zero-order valence-electron chi connectivity index (χ0n) is 18.9. The van der Waals surface area contributed by atoms with Gasteiger partial charge in [-0.05, 0) is 68.4 Å². The third-order valence-electron chi connectivity index (χ3n) is 6.30. The molecule has 4 rings (SSSR count). The van der Waals surface area contributed by atoms with E-state index in [0.717, 1.165) is 43.7 Å². The summed E-state index contributed by atoms with van der Waals surface area (Å²) in [4.78, 5) is 19.1. The Kier molecular flexibility index (Phi) is 7.20. The molecule has 0 spiro atoms. The topological polar surface area (TPSA) is 68.5 Å². The van der Waals surface area contributed by atoms with E-state index >= 15 is 0 Å². The number of nitrogens with zero attached hydrogens (tertiary/aromatic N) is 3. The van der Waals surface area contributed by atoms with Gasteiger partial charge in [-0.2, -0.15) is 4.98 Å². The van der Waals surface area contributed by atoms with Gasteiger partial charge in [-0.3, -0.25) is 4.79 Å². The van der Waals surface area contributed by atoms with Gasteiger partial charge >= 0.3 is 0 Å². The van der Waals surface area contributed by atoms with Crippen LogP contribution in [0.2, 0.25) is 0 Å². The second-order valence-corrected chi connectivity index (χ2v) is 8.59. The van der Waals surface area contributed by atoms with Crippen molar-refractivity contribution in [3.63, 3.8) is 0 Å². The zero-order chi connectivity index (χ0) is 22.3. The molecule has 1 fully saturated rings. The third-order valence-corrected chi connectivity index (χ3v) is 6.30. The van der Waals surface area contributed by atoms with Crippen LogP contribution in [0.3, 0.4) is 0 Å². The van der Waals surface area contributed by atoms with E-state index in [1.54, 1.807) is 7.11 Å². The first-order chi connectivity index (χ1) is 15.6. The Morgan fingerprint density at radius 3 is 2.47 bits per heavy atom. The normalized spacial score (nSPS) is 14.5. The van der Waals surface area contributed by atoms with Gasteiger partial charge in [-0.1, -0.05) is 35.0 Å². The van der Waals surface area contributed by atoms with E-state index in [1.165, 1.54) is 17.5 Å². The van der Waals surface area contributed by atoms with Gasteiger partial charge in [0.2, 0.25) is 17.6 Å². The number of methoxy groups -OCH3 is 1. The molecular formula is C26H31N3O3. The van der Waals surface area contributed by atoms with Crippen molar-refractivity contribution in [2.75, 3.05) is 20.2 Å². The summed E-state index contributed by atoms with van der Waals surface area (Å²) in [6.07, 6.45) is 5.35. The quantitative estimate of drug-likeness (QED) is 0.508. The summed E-state index contributed by atoms with van der Waals surface area (Å²) in [6.45, 7) is 3.81. The molecule has 1 aliphatic rings. The minimum Gasteiger partial charge on any atom is -0.497 e. The molecule has 0 aliphatic carbocycles. The van der Waals surface area contributed by atoms with E-state index < -0.39 is 0 Å². The Hall–Kier alpha value is -3.15. The number of piperidine rings is 1. The van der Waals surface area contributed by atoms with E-state index in [-0.39, 0.29) is 5.91 Å². The lowest BCUT2D eigenvalue weighted by atomic mass is 9.90. The Morgan fingerprint density at radius 2 is 1.78 bits per heavy atom. The monoisotopic (exact) mass is 433 g/mol. The highest BCUT2D eigenvalue weighted by molar-refractivity contribution is 5.76. The number of hydrogen-bond donors (Lipinski definition) is 0. The number of likely N-dealkylation sites (tertiary alicyclic amines) is 1. The van der Waals surface area contributed by atoms with Crippen LogP contribution in [0.25, 0.3) is 11.4 Å². The van der Waals surface area contributed by atoms with E-state index in [2.05, 4.69) is 41.3 Å². The SMILES string of the molecule is COc1ccc(-c2noc(CCC(=O)N3CCC(CCc4ccc(C)cc4)CC3)n2)cc1. The number of carbonyl (C=O) groups excluding carboxylic acids is 1. The Morgan fingerprint density at radius 1 is 1.06 bits per heavy atom. The molecule has 6 heteroatoms. The highest BCUT2D eigenvalue weighted by Gasteiger charge is 2.23. The van der Waals surface area contributed by atoms with Gasteiger partial charge in [-0.25, -0.2) is 0 Å². The molecule has 2 aromatic carbocycles. The minimum absolute atomic E-state index is 0.172. The molecule has 32 heavy (non-hydrogen) atoms. The molecule has 0 unspecified atom stereocenters. The fourth-order valence-corrected chi connectivity index (χ4v) is 4.18. The van der Waals surface area contributed by atoms with Crippen molar-refractivity contribution in [3.8, 4) is 17.1 Å². The fraction of sp³-hybridized carbons (Fsp3) is 0.423. The zero-order valence-corrected chi connectivity index (χ0v) is 18.9. The highest BCUT2D eigenvalue weighted by atomic mass is 16.5. The van der Waals surface area contributed by atoms with E-state index in [9.17, 15) is 4.79 Å². The number of aryl methyl sites for hydroxylation is 3. The van der Waals surface area contributed by atoms with Gasteiger partial charge in [-0.15, -0.1) is 0 Å². The second-order valence-electron chi connectivity index (χ2n) is 8.59. The molecule has 0 radical (unpaired) electrons. The van der Waals surface area contributed by atoms with E-state index in [1.807, 2.05) is 29.2 Å². The first-order valence-electron chi connectivity index (χ1n) is 11.4. The number of carbonyl (C=O) groups is 1. The Labute approximate surface area is 189 Å². The van der Waals surface area contributed by atoms with Crippen LogP contribution < -0.4 is 4.74 Å². The van der Waals surface area contributed by atoms with Crippen molar-refractivity contribution >= 4 is 5.91 Å². The smallest absolute Gasteiger partial charge is 0.227 e. The number of benzene rings is 2. The van der Waals surface area contributed by atoms with Gasteiger partial charge in [0, 0.05) is 31.5 Å². The van der Waals surface area contributed by atoms with Crippen LogP contribution in [-0.4, -0.2) is 41.1 Å². The van der Waals surface area contributed by atoms with E-state index in [0.29, 0.717) is 30.5 Å². The van der Waals surface area contributed by atoms with Crippen molar-refractivity contribution in [2.24, 2.45) is 5.92 Å². The third kappa shape index (κ3) is 5.75. The highest BCUT2D eigenvalue weighted by Crippen LogP contribution is 2.24. The van der Waals surface area contributed by atoms with Crippen molar-refractivity contribution in [3.05, 3.63) is 65.5 Å². The van der Waals surface area contributed by atoms with Gasteiger partial charge in [0.05, 0.1) is 7.11 Å². The summed E-state index contributed by atoms with van der Waals surface area (Å²) in [5.41, 5.74) is 3.57. The maximum atomic E-state index is 12.7. The lowest BCUT2D eigenvalue weighted by Crippen LogP contribution is -2.38. The number of ether oxygens (including phenoxy) is 1. The van der Waals surface area contributed by atoms with Crippen LogP contribution in [0.4, 0.5) is 0 Å². The number of aromatic nitrogens is 2. The van der Waals surface area contributed by atoms with Crippen LogP contribution in [0.5, 0.6) is 5.75 Å². The molecule has 1 amide bonds. The number of amides is 1. The lowest BCUT2D eigenvalue weighted by molar-refractivity contribution is -0.132. The van der Waals surface area contributed by atoms with Gasteiger partial charge in [0.15, 0.2) is 0 Å². The molecule has 3 aromatic rings. The first-order valence-corrected chi connectivity index (χ1v) is 11.4. The molecule has 0 atom stereocenters. The standard InChI is InChI=1S/C26H31N3O3/c1-19-3-5-20(6-4-19)7-8-21-15-17-29(18-16-21)25(30)14-13-24-27-26(28-32-24)22-9-11-23(31-2)12-10-22/h3-6,9-12,21H,7-8,13-18H2,1-2H3. The number of rotatable bonds is 8. The maximum absolute atomic E-state index is 12.7. The maximum Gasteiger partial charge on any atom is 0.227 e. The van der Waals surface area contributed by atoms with Crippen LogP contribution >= 0.6 is 0 Å². The van der Waals surface area contributed by atoms with Crippen molar-refractivity contribution in [2.45, 2.75) is 45.4 Å². The van der Waals surface area contributed by atoms with Crippen molar-refractivity contribution in [1.82, 2.24) is 15.0 Å². The molecule has 168 valence electrons. The van der Waals surface area contributed by atoms with Crippen LogP contribution in [-0.2, 0) is 17.6 Å². The summed E-state index contributed by atoms with van der Waals surface area (Å²) < 4.78 is 10.5. The molecule has 1 aliphatic heterocycles. The van der Waals surface area contributed by atoms with Gasteiger partial charge in [0.1, 0.15) is 5.75 Å². The van der Waals surface area contributed by atoms with Crippen molar-refractivity contribution < 1.29 is 14.1 Å². The molecule has 6 nitrogen and oxygen atoms in total. The summed E-state index contributed by atoms with van der Waals surface area (Å²) >= 11 is 0. The van der Waals surface area contributed by atoms with Crippen LogP contribution in [0, 0.1) is 12.8 Å². The predicted octanol–water partition coefficient (Wildman–Crippen LogP) is 4.86. The second kappa shape index (κ2) is 10.4. The molecular weight excluding hydrogens is 402 g/mol. The van der Waals surface area contributed by atoms with Crippen LogP contribution in [0.1, 0.15) is 42.7 Å². The molecule has 1 saturated heterocycles. The number of hydrogen-bond acceptors (Lipinski definition) is 5. The van der Waals surface area contributed by atoms with Gasteiger partial charge in [0.25, 0.3) is 0 Å². The first kappa shape index (κ1) is 22.1. The molecule has 0 saturated carbocycles. The lowest BCUT2D eigenvalue weighted by Gasteiger charge is -2.32. The summed E-state index contributed by atoms with van der Waals surface area (Å²) in [5.74, 6) is 2.68. The molecule has 0 N–H and O–H groups in total. The Bertz CT molecular complexity index is 1000. The van der Waals surface area contributed by atoms with E-state index in [4.69, 9.17) is 9.26 Å². The molecule has 0 bridgehead atoms. The summed E-state index contributed by atoms with van der Waals surface area (Å²) in [7, 11) is 1.63. The average Bonchev–Trinajstić information content (AvgIpc) is 3.32. The predicted molar refractivity (Wildman–Crippen MR) is 123 cm³/mol. The average molecular weight is 434 g/mol. The van der Waals surface area contributed by atoms with Gasteiger partial charge < -0.3 is 14.2 Å². The fourth-order valence-electron chi connectivity index (χ4n) is 4.18. The Balaban J connectivity index is 1.20. The largest absolute Gasteiger partial charge is 0.497 e. The molecule has 2 heterocycles. The summed E-state index contributed by atoms with van der Waals surface area (Å²) in [5, 5.41) is 4.04. The van der Waals surface area contributed by atoms with Crippen LogP contribution in [0.15, 0.2) is 53.1 Å². The summed E-state index contributed by atoms with van der Waals surface area (Å²) in [6, 6.07) is 16.3. The molecule has 1 aromatic heterocycles. The minimum atomic E-state index is 0.172.